The third-order valence-electron chi connectivity index (χ3n) is 3.03. The minimum atomic E-state index is -0.660. The number of carbonyl (C=O) groups excluding carboxylic acids is 2. The summed E-state index contributed by atoms with van der Waals surface area (Å²) in [6, 6.07) is 7.54. The Morgan fingerprint density at radius 1 is 1.18 bits per heavy atom. The second-order valence-electron chi connectivity index (χ2n) is 5.34. The van der Waals surface area contributed by atoms with Crippen LogP contribution in [-0.4, -0.2) is 24.7 Å². The Hall–Kier alpha value is -2.08. The Morgan fingerprint density at radius 3 is 2.36 bits per heavy atom. The summed E-state index contributed by atoms with van der Waals surface area (Å²) in [6.45, 7) is 7.77. The smallest absolute Gasteiger partial charge is 0.431 e. The highest BCUT2D eigenvalue weighted by atomic mass is 16.7. The Labute approximate surface area is 131 Å². The summed E-state index contributed by atoms with van der Waals surface area (Å²) in [6.07, 6.45) is -0.959. The lowest BCUT2D eigenvalue weighted by atomic mass is 10.0. The van der Waals surface area contributed by atoms with Gasteiger partial charge in [0.1, 0.15) is 0 Å². The molecule has 0 bridgehead atoms. The molecule has 6 nitrogen and oxygen atoms in total. The molecule has 0 aromatic heterocycles. The molecule has 0 saturated heterocycles. The number of hydrogen-bond acceptors (Lipinski definition) is 4. The van der Waals surface area contributed by atoms with Gasteiger partial charge >= 0.3 is 6.09 Å². The van der Waals surface area contributed by atoms with E-state index in [9.17, 15) is 9.59 Å². The number of rotatable bonds is 7. The van der Waals surface area contributed by atoms with Crippen molar-refractivity contribution >= 4 is 17.7 Å². The minimum Gasteiger partial charge on any atom is -0.448 e. The molecule has 0 spiro atoms. The first-order valence-corrected chi connectivity index (χ1v) is 7.37. The predicted molar refractivity (Wildman–Crippen MR) is 84.3 cm³/mol. The van der Waals surface area contributed by atoms with Gasteiger partial charge in [0.25, 0.3) is 0 Å². The third-order valence-corrected chi connectivity index (χ3v) is 3.03. The van der Waals surface area contributed by atoms with Crippen LogP contribution in [0.1, 0.15) is 32.8 Å². The van der Waals surface area contributed by atoms with Crippen molar-refractivity contribution in [1.29, 1.82) is 0 Å². The van der Waals surface area contributed by atoms with Gasteiger partial charge in [-0.3, -0.25) is 9.63 Å². The molecular formula is C16H24N2O4. The molecule has 0 aliphatic carbocycles. The summed E-state index contributed by atoms with van der Waals surface area (Å²) in [5.74, 6) is -0.112. The van der Waals surface area contributed by atoms with Crippen LogP contribution in [0.5, 0.6) is 0 Å². The minimum absolute atomic E-state index is 0.0608. The number of aryl methyl sites for hydroxylation is 1. The number of anilines is 1. The van der Waals surface area contributed by atoms with Gasteiger partial charge in [-0.15, -0.1) is 0 Å². The SMILES string of the molecule is CCOC(=O)NO[C@H](CC(=O)Nc1ccc(C)cc1)C(C)C. The lowest BCUT2D eigenvalue weighted by Gasteiger charge is -2.20. The van der Waals surface area contributed by atoms with Crippen LogP contribution >= 0.6 is 0 Å². The molecule has 1 aromatic rings. The maximum Gasteiger partial charge on any atom is 0.431 e. The van der Waals surface area contributed by atoms with E-state index in [1.54, 1.807) is 6.92 Å². The van der Waals surface area contributed by atoms with Crippen molar-refractivity contribution in [2.75, 3.05) is 11.9 Å². The molecule has 1 rings (SSSR count). The summed E-state index contributed by atoms with van der Waals surface area (Å²) in [7, 11) is 0. The van der Waals surface area contributed by atoms with Crippen molar-refractivity contribution in [3.05, 3.63) is 29.8 Å². The van der Waals surface area contributed by atoms with Crippen LogP contribution in [0.2, 0.25) is 0 Å². The van der Waals surface area contributed by atoms with Crippen LogP contribution < -0.4 is 10.8 Å². The van der Waals surface area contributed by atoms with E-state index >= 15 is 0 Å². The van der Waals surface area contributed by atoms with Gasteiger partial charge in [-0.1, -0.05) is 31.5 Å². The summed E-state index contributed by atoms with van der Waals surface area (Å²) in [4.78, 5) is 28.5. The van der Waals surface area contributed by atoms with Crippen molar-refractivity contribution < 1.29 is 19.2 Å². The number of hydrogen-bond donors (Lipinski definition) is 2. The molecular weight excluding hydrogens is 284 g/mol. The monoisotopic (exact) mass is 308 g/mol. The summed E-state index contributed by atoms with van der Waals surface area (Å²) in [5.41, 5.74) is 4.06. The van der Waals surface area contributed by atoms with E-state index in [0.717, 1.165) is 11.3 Å². The lowest BCUT2D eigenvalue weighted by molar-refractivity contribution is -0.122. The summed E-state index contributed by atoms with van der Waals surface area (Å²) < 4.78 is 4.71. The zero-order valence-electron chi connectivity index (χ0n) is 13.5. The summed E-state index contributed by atoms with van der Waals surface area (Å²) in [5, 5.41) is 2.80. The molecule has 6 heteroatoms. The van der Waals surface area contributed by atoms with Crippen LogP contribution in [-0.2, 0) is 14.4 Å². The number of carbonyl (C=O) groups is 2. The number of ether oxygens (including phenoxy) is 1. The number of nitrogens with one attached hydrogen (secondary N) is 2. The molecule has 0 radical (unpaired) electrons. The Balaban J connectivity index is 2.49. The van der Waals surface area contributed by atoms with Gasteiger partial charge in [-0.05, 0) is 31.9 Å². The average Bonchev–Trinajstić information content (AvgIpc) is 2.46. The highest BCUT2D eigenvalue weighted by Gasteiger charge is 2.20. The highest BCUT2D eigenvalue weighted by molar-refractivity contribution is 5.91. The second-order valence-corrected chi connectivity index (χ2v) is 5.34. The maximum atomic E-state index is 12.0. The molecule has 2 N–H and O–H groups in total. The third kappa shape index (κ3) is 6.58. The van der Waals surface area contributed by atoms with Gasteiger partial charge in [0, 0.05) is 5.69 Å². The van der Waals surface area contributed by atoms with Crippen molar-refractivity contribution in [2.24, 2.45) is 5.92 Å². The van der Waals surface area contributed by atoms with Gasteiger partial charge in [-0.2, -0.15) is 5.48 Å². The number of hydroxylamine groups is 1. The zero-order chi connectivity index (χ0) is 16.5. The van der Waals surface area contributed by atoms with E-state index in [1.807, 2.05) is 45.0 Å². The van der Waals surface area contributed by atoms with Crippen LogP contribution in [0.3, 0.4) is 0 Å². The summed E-state index contributed by atoms with van der Waals surface area (Å²) >= 11 is 0. The average molecular weight is 308 g/mol. The van der Waals surface area contributed by atoms with Crippen LogP contribution in [0.15, 0.2) is 24.3 Å². The first-order chi connectivity index (χ1) is 10.4. The van der Waals surface area contributed by atoms with Crippen molar-refractivity contribution in [3.63, 3.8) is 0 Å². The normalized spacial score (nSPS) is 11.9. The standard InChI is InChI=1S/C16H24N2O4/c1-5-21-16(20)18-22-14(11(2)3)10-15(19)17-13-8-6-12(4)7-9-13/h6-9,11,14H,5,10H2,1-4H3,(H,17,19)(H,18,20)/t14-/m1/s1. The first kappa shape index (κ1) is 18.0. The molecule has 0 aliphatic heterocycles. The van der Waals surface area contributed by atoms with E-state index in [2.05, 4.69) is 10.8 Å². The molecule has 2 amide bonds. The Kier molecular flexibility index (Phi) is 7.39. The Morgan fingerprint density at radius 2 is 1.82 bits per heavy atom. The van der Waals surface area contributed by atoms with Crippen LogP contribution in [0.4, 0.5) is 10.5 Å². The first-order valence-electron chi connectivity index (χ1n) is 7.37. The molecule has 0 unspecified atom stereocenters. The van der Waals surface area contributed by atoms with Crippen molar-refractivity contribution in [2.45, 2.75) is 40.2 Å². The van der Waals surface area contributed by atoms with Gasteiger partial charge in [-0.25, -0.2) is 4.79 Å². The molecule has 22 heavy (non-hydrogen) atoms. The molecule has 0 heterocycles. The van der Waals surface area contributed by atoms with E-state index in [4.69, 9.17) is 9.57 Å². The molecule has 1 atom stereocenters. The quantitative estimate of drug-likeness (QED) is 0.759. The van der Waals surface area contributed by atoms with Gasteiger partial charge < -0.3 is 10.1 Å². The van der Waals surface area contributed by atoms with E-state index in [1.165, 1.54) is 0 Å². The molecule has 122 valence electrons. The van der Waals surface area contributed by atoms with E-state index in [-0.39, 0.29) is 24.9 Å². The van der Waals surface area contributed by atoms with Crippen LogP contribution in [0.25, 0.3) is 0 Å². The van der Waals surface area contributed by atoms with Crippen LogP contribution in [0, 0.1) is 12.8 Å². The second kappa shape index (κ2) is 9.04. The fraction of sp³-hybridized carbons (Fsp3) is 0.500. The van der Waals surface area contributed by atoms with Crippen molar-refractivity contribution in [1.82, 2.24) is 5.48 Å². The van der Waals surface area contributed by atoms with Gasteiger partial charge in [0.05, 0.1) is 19.1 Å². The lowest BCUT2D eigenvalue weighted by Crippen LogP contribution is -2.35. The Bertz CT molecular complexity index is 485. The van der Waals surface area contributed by atoms with Gasteiger partial charge in [0.2, 0.25) is 5.91 Å². The molecule has 0 saturated carbocycles. The number of amides is 2. The van der Waals surface area contributed by atoms with E-state index in [0.29, 0.717) is 0 Å². The molecule has 0 fully saturated rings. The fourth-order valence-electron chi connectivity index (χ4n) is 1.73. The van der Waals surface area contributed by atoms with Gasteiger partial charge in [0.15, 0.2) is 0 Å². The fourth-order valence-corrected chi connectivity index (χ4v) is 1.73. The molecule has 0 aliphatic rings. The van der Waals surface area contributed by atoms with E-state index < -0.39 is 12.2 Å². The highest BCUT2D eigenvalue weighted by Crippen LogP contribution is 2.13. The topological polar surface area (TPSA) is 76.7 Å². The predicted octanol–water partition coefficient (Wildman–Crippen LogP) is 3.03. The molecule has 1 aromatic carbocycles. The van der Waals surface area contributed by atoms with Crippen molar-refractivity contribution in [3.8, 4) is 0 Å². The maximum absolute atomic E-state index is 12.0. The zero-order valence-corrected chi connectivity index (χ0v) is 13.5. The largest absolute Gasteiger partial charge is 0.448 e. The number of benzene rings is 1.